The van der Waals surface area contributed by atoms with Crippen LogP contribution in [0, 0.1) is 0 Å². The maximum atomic E-state index is 11.9. The standard InChI is InChI=1S/C14H14N2O5/c1-21-7-6-9-4-2-3-5-11(9)16-8-10(13(18)19)12(17)15-14(16)20/h2-5,8H,6-7H2,1H3,(H,18,19)(H,15,17,20). The molecule has 110 valence electrons. The van der Waals surface area contributed by atoms with Crippen LogP contribution in [0.25, 0.3) is 5.69 Å². The van der Waals surface area contributed by atoms with Gasteiger partial charge in [0.15, 0.2) is 0 Å². The van der Waals surface area contributed by atoms with Crippen molar-refractivity contribution in [2.24, 2.45) is 0 Å². The van der Waals surface area contributed by atoms with Crippen LogP contribution < -0.4 is 11.2 Å². The summed E-state index contributed by atoms with van der Waals surface area (Å²) in [5.41, 5.74) is -0.771. The van der Waals surface area contributed by atoms with Crippen LogP contribution in [0.5, 0.6) is 0 Å². The van der Waals surface area contributed by atoms with E-state index < -0.39 is 22.8 Å². The number of aromatic carboxylic acids is 1. The topological polar surface area (TPSA) is 101 Å². The number of benzene rings is 1. The fourth-order valence-electron chi connectivity index (χ4n) is 1.97. The second kappa shape index (κ2) is 6.19. The first-order chi connectivity index (χ1) is 10.0. The van der Waals surface area contributed by atoms with Gasteiger partial charge in [0, 0.05) is 13.3 Å². The first-order valence-corrected chi connectivity index (χ1v) is 6.21. The van der Waals surface area contributed by atoms with Crippen LogP contribution in [0.4, 0.5) is 0 Å². The summed E-state index contributed by atoms with van der Waals surface area (Å²) < 4.78 is 6.13. The van der Waals surface area contributed by atoms with Crippen LogP contribution >= 0.6 is 0 Å². The minimum atomic E-state index is -1.39. The lowest BCUT2D eigenvalue weighted by atomic mass is 10.1. The third-order valence-electron chi connectivity index (χ3n) is 3.00. The van der Waals surface area contributed by atoms with Crippen LogP contribution in [-0.4, -0.2) is 34.3 Å². The number of carboxylic acid groups (broad SMARTS) is 1. The molecule has 21 heavy (non-hydrogen) atoms. The lowest BCUT2D eigenvalue weighted by molar-refractivity contribution is 0.0694. The number of hydrogen-bond acceptors (Lipinski definition) is 4. The van der Waals surface area contributed by atoms with E-state index in [1.807, 2.05) is 17.1 Å². The average Bonchev–Trinajstić information content (AvgIpc) is 2.45. The van der Waals surface area contributed by atoms with E-state index in [-0.39, 0.29) is 0 Å². The number of nitrogens with zero attached hydrogens (tertiary/aromatic N) is 1. The molecule has 1 aromatic carbocycles. The zero-order valence-electron chi connectivity index (χ0n) is 11.3. The molecule has 1 heterocycles. The minimum Gasteiger partial charge on any atom is -0.477 e. The molecule has 0 atom stereocenters. The predicted octanol–water partition coefficient (Wildman–Crippen LogP) is 0.413. The lowest BCUT2D eigenvalue weighted by Gasteiger charge is -2.11. The van der Waals surface area contributed by atoms with Gasteiger partial charge in [0.05, 0.1) is 12.3 Å². The van der Waals surface area contributed by atoms with Gasteiger partial charge in [-0.15, -0.1) is 0 Å². The van der Waals surface area contributed by atoms with Gasteiger partial charge in [-0.1, -0.05) is 18.2 Å². The van der Waals surface area contributed by atoms with Gasteiger partial charge in [-0.3, -0.25) is 14.3 Å². The summed E-state index contributed by atoms with van der Waals surface area (Å²) in [4.78, 5) is 36.4. The molecule has 2 aromatic rings. The van der Waals surface area contributed by atoms with Gasteiger partial charge in [0.2, 0.25) is 0 Å². The monoisotopic (exact) mass is 290 g/mol. The number of hydrogen-bond donors (Lipinski definition) is 2. The van der Waals surface area contributed by atoms with E-state index in [0.29, 0.717) is 18.7 Å². The Bertz CT molecular complexity index is 775. The van der Waals surface area contributed by atoms with Crippen molar-refractivity contribution in [1.29, 1.82) is 0 Å². The molecule has 0 bridgehead atoms. The van der Waals surface area contributed by atoms with E-state index in [1.54, 1.807) is 19.2 Å². The Labute approximate surface area is 119 Å². The lowest BCUT2D eigenvalue weighted by Crippen LogP contribution is -2.32. The van der Waals surface area contributed by atoms with Crippen LogP contribution in [0.3, 0.4) is 0 Å². The first kappa shape index (κ1) is 14.7. The summed E-state index contributed by atoms with van der Waals surface area (Å²) in [6.45, 7) is 0.459. The molecule has 0 unspecified atom stereocenters. The summed E-state index contributed by atoms with van der Waals surface area (Å²) in [7, 11) is 1.57. The van der Waals surface area contributed by atoms with Crippen molar-refractivity contribution >= 4 is 5.97 Å². The number of aromatic nitrogens is 2. The molecule has 0 aliphatic rings. The molecule has 7 nitrogen and oxygen atoms in total. The number of nitrogens with one attached hydrogen (secondary N) is 1. The van der Waals surface area contributed by atoms with E-state index in [0.717, 1.165) is 16.3 Å². The third kappa shape index (κ3) is 3.09. The van der Waals surface area contributed by atoms with Crippen LogP contribution in [0.1, 0.15) is 15.9 Å². The molecule has 0 aliphatic carbocycles. The molecular formula is C14H14N2O5. The van der Waals surface area contributed by atoms with Gasteiger partial charge in [0.25, 0.3) is 5.56 Å². The van der Waals surface area contributed by atoms with Crippen molar-refractivity contribution < 1.29 is 14.6 Å². The summed E-state index contributed by atoms with van der Waals surface area (Å²) >= 11 is 0. The second-order valence-electron chi connectivity index (χ2n) is 4.35. The Morgan fingerprint density at radius 3 is 2.71 bits per heavy atom. The third-order valence-corrected chi connectivity index (χ3v) is 3.00. The largest absolute Gasteiger partial charge is 0.477 e. The molecule has 0 amide bonds. The fraction of sp³-hybridized carbons (Fsp3) is 0.214. The van der Waals surface area contributed by atoms with E-state index in [2.05, 4.69) is 0 Å². The number of carbonyl (C=O) groups is 1. The van der Waals surface area contributed by atoms with E-state index in [1.165, 1.54) is 0 Å². The first-order valence-electron chi connectivity index (χ1n) is 6.21. The molecule has 2 rings (SSSR count). The number of ether oxygens (including phenoxy) is 1. The maximum absolute atomic E-state index is 11.9. The highest BCUT2D eigenvalue weighted by Gasteiger charge is 2.14. The summed E-state index contributed by atoms with van der Waals surface area (Å²) in [5.74, 6) is -1.39. The van der Waals surface area contributed by atoms with Crippen molar-refractivity contribution in [3.63, 3.8) is 0 Å². The zero-order chi connectivity index (χ0) is 15.4. The molecule has 0 radical (unpaired) electrons. The highest BCUT2D eigenvalue weighted by atomic mass is 16.5. The normalized spacial score (nSPS) is 10.5. The number of methoxy groups -OCH3 is 1. The fourth-order valence-corrected chi connectivity index (χ4v) is 1.97. The number of H-pyrrole nitrogens is 1. The van der Waals surface area contributed by atoms with Crippen molar-refractivity contribution in [2.45, 2.75) is 6.42 Å². The number of carboxylic acids is 1. The molecule has 2 N–H and O–H groups in total. The molecule has 1 aromatic heterocycles. The Hall–Kier alpha value is -2.67. The quantitative estimate of drug-likeness (QED) is 0.830. The van der Waals surface area contributed by atoms with Gasteiger partial charge in [-0.2, -0.15) is 0 Å². The van der Waals surface area contributed by atoms with Gasteiger partial charge in [-0.25, -0.2) is 9.59 Å². The molecule has 0 saturated heterocycles. The van der Waals surface area contributed by atoms with E-state index >= 15 is 0 Å². The number of para-hydroxylation sites is 1. The summed E-state index contributed by atoms with van der Waals surface area (Å²) in [5, 5.41) is 8.98. The Morgan fingerprint density at radius 2 is 2.05 bits per heavy atom. The predicted molar refractivity (Wildman–Crippen MR) is 75.2 cm³/mol. The zero-order valence-corrected chi connectivity index (χ0v) is 11.3. The molecule has 0 saturated carbocycles. The average molecular weight is 290 g/mol. The van der Waals surface area contributed by atoms with Crippen LogP contribution in [-0.2, 0) is 11.2 Å². The van der Waals surface area contributed by atoms with Gasteiger partial charge >= 0.3 is 11.7 Å². The number of aromatic amines is 1. The molecule has 0 spiro atoms. The van der Waals surface area contributed by atoms with Gasteiger partial charge in [-0.05, 0) is 18.1 Å². The Balaban J connectivity index is 2.62. The highest BCUT2D eigenvalue weighted by molar-refractivity contribution is 5.86. The molecule has 7 heteroatoms. The van der Waals surface area contributed by atoms with Crippen molar-refractivity contribution in [3.8, 4) is 5.69 Å². The SMILES string of the molecule is COCCc1ccccc1-n1cc(C(=O)O)c(=O)[nH]c1=O. The van der Waals surface area contributed by atoms with Crippen molar-refractivity contribution in [2.75, 3.05) is 13.7 Å². The number of rotatable bonds is 5. The van der Waals surface area contributed by atoms with Gasteiger partial charge < -0.3 is 9.84 Å². The molecular weight excluding hydrogens is 276 g/mol. The molecule has 0 fully saturated rings. The Morgan fingerprint density at radius 1 is 1.33 bits per heavy atom. The highest BCUT2D eigenvalue weighted by Crippen LogP contribution is 2.13. The smallest absolute Gasteiger partial charge is 0.342 e. The molecule has 0 aliphatic heterocycles. The van der Waals surface area contributed by atoms with E-state index in [4.69, 9.17) is 9.84 Å². The van der Waals surface area contributed by atoms with Crippen LogP contribution in [0.15, 0.2) is 40.1 Å². The van der Waals surface area contributed by atoms with Crippen LogP contribution in [0.2, 0.25) is 0 Å². The van der Waals surface area contributed by atoms with Crippen molar-refractivity contribution in [3.05, 3.63) is 62.4 Å². The summed E-state index contributed by atoms with van der Waals surface area (Å²) in [6.07, 6.45) is 1.59. The van der Waals surface area contributed by atoms with E-state index in [9.17, 15) is 14.4 Å². The minimum absolute atomic E-state index is 0.459. The maximum Gasteiger partial charge on any atom is 0.342 e. The summed E-state index contributed by atoms with van der Waals surface area (Å²) in [6, 6.07) is 7.02. The Kier molecular flexibility index (Phi) is 4.34. The van der Waals surface area contributed by atoms with Crippen molar-refractivity contribution in [1.82, 2.24) is 9.55 Å². The van der Waals surface area contributed by atoms with Gasteiger partial charge in [0.1, 0.15) is 5.56 Å². The second-order valence-corrected chi connectivity index (χ2v) is 4.35.